The Hall–Kier alpha value is -0.500. The molecule has 1 nitrogen and oxygen atoms in total. The van der Waals surface area contributed by atoms with Crippen molar-refractivity contribution in [1.29, 1.82) is 0 Å². The van der Waals surface area contributed by atoms with Gasteiger partial charge in [-0.15, -0.1) is 0 Å². The summed E-state index contributed by atoms with van der Waals surface area (Å²) in [5, 5.41) is 1.04. The number of hydrogen-bond acceptors (Lipinski definition) is 1. The van der Waals surface area contributed by atoms with E-state index in [-0.39, 0.29) is 0 Å². The molecule has 1 aromatic rings. The van der Waals surface area contributed by atoms with Crippen LogP contribution in [0, 0.1) is 0 Å². The van der Waals surface area contributed by atoms with Crippen LogP contribution in [0.25, 0.3) is 0 Å². The summed E-state index contributed by atoms with van der Waals surface area (Å²) >= 11 is 3.63. The van der Waals surface area contributed by atoms with Gasteiger partial charge in [-0.25, -0.2) is 0 Å². The summed E-state index contributed by atoms with van der Waals surface area (Å²) in [5.41, 5.74) is 1.71. The van der Waals surface area contributed by atoms with Gasteiger partial charge in [-0.3, -0.25) is 0 Å². The van der Waals surface area contributed by atoms with Crippen LogP contribution in [0.5, 0.6) is 5.75 Å². The lowest BCUT2D eigenvalue weighted by Gasteiger charge is -2.41. The molecule has 0 bridgehead atoms. The molecule has 76 valence electrons. The van der Waals surface area contributed by atoms with E-state index in [4.69, 9.17) is 4.74 Å². The number of alkyl halides is 1. The molecule has 0 radical (unpaired) electrons. The molecule has 14 heavy (non-hydrogen) atoms. The average molecular weight is 255 g/mol. The fraction of sp³-hybridized carbons (Fsp3) is 0.500. The summed E-state index contributed by atoms with van der Waals surface area (Å²) in [6.07, 6.45) is 3.89. The summed E-state index contributed by atoms with van der Waals surface area (Å²) in [4.78, 5) is 0. The van der Waals surface area contributed by atoms with E-state index in [1.807, 2.05) is 6.07 Å². The van der Waals surface area contributed by atoms with E-state index in [1.165, 1.54) is 24.8 Å². The van der Waals surface area contributed by atoms with Gasteiger partial charge >= 0.3 is 0 Å². The third-order valence-electron chi connectivity index (χ3n) is 3.24. The molecule has 0 heterocycles. The van der Waals surface area contributed by atoms with Gasteiger partial charge in [0.05, 0.1) is 7.11 Å². The minimum absolute atomic E-state index is 0.340. The van der Waals surface area contributed by atoms with Crippen molar-refractivity contribution < 1.29 is 4.74 Å². The third-order valence-corrected chi connectivity index (χ3v) is 4.32. The van der Waals surface area contributed by atoms with Crippen molar-refractivity contribution in [2.24, 2.45) is 0 Å². The molecule has 0 saturated heterocycles. The topological polar surface area (TPSA) is 9.23 Å². The Morgan fingerprint density at radius 1 is 1.36 bits per heavy atom. The van der Waals surface area contributed by atoms with E-state index in [1.54, 1.807) is 7.11 Å². The first-order chi connectivity index (χ1) is 6.82. The van der Waals surface area contributed by atoms with Crippen LogP contribution in [0.2, 0.25) is 0 Å². The first-order valence-corrected chi connectivity index (χ1v) is 6.14. The van der Waals surface area contributed by atoms with Gasteiger partial charge in [0.15, 0.2) is 0 Å². The maximum atomic E-state index is 5.41. The van der Waals surface area contributed by atoms with Crippen LogP contribution in [0.1, 0.15) is 24.8 Å². The summed E-state index contributed by atoms with van der Waals surface area (Å²) in [6, 6.07) is 8.38. The summed E-state index contributed by atoms with van der Waals surface area (Å²) in [5.74, 6) is 1.03. The summed E-state index contributed by atoms with van der Waals surface area (Å²) < 4.78 is 5.41. The number of rotatable bonds is 3. The highest BCUT2D eigenvalue weighted by molar-refractivity contribution is 9.09. The molecule has 1 aliphatic carbocycles. The molecule has 1 aromatic carbocycles. The highest BCUT2D eigenvalue weighted by atomic mass is 79.9. The van der Waals surface area contributed by atoms with E-state index in [2.05, 4.69) is 34.1 Å². The molecule has 0 spiro atoms. The van der Waals surface area contributed by atoms with Crippen molar-refractivity contribution in [3.63, 3.8) is 0 Å². The SMILES string of the molecule is COc1ccccc1C1(CBr)CCC1. The van der Waals surface area contributed by atoms with E-state index in [0.717, 1.165) is 11.1 Å². The Bertz CT molecular complexity index is 312. The Morgan fingerprint density at radius 3 is 2.57 bits per heavy atom. The van der Waals surface area contributed by atoms with Crippen LogP contribution in [-0.4, -0.2) is 12.4 Å². The Morgan fingerprint density at radius 2 is 2.07 bits per heavy atom. The first-order valence-electron chi connectivity index (χ1n) is 5.02. The molecule has 0 aliphatic heterocycles. The summed E-state index contributed by atoms with van der Waals surface area (Å²) in [7, 11) is 1.75. The highest BCUT2D eigenvalue weighted by Gasteiger charge is 2.39. The molecular formula is C12H15BrO. The number of halogens is 1. The minimum Gasteiger partial charge on any atom is -0.496 e. The fourth-order valence-corrected chi connectivity index (χ4v) is 3.02. The lowest BCUT2D eigenvalue weighted by atomic mass is 9.66. The molecule has 2 rings (SSSR count). The molecular weight excluding hydrogens is 240 g/mol. The van der Waals surface area contributed by atoms with Crippen molar-refractivity contribution in [3.05, 3.63) is 29.8 Å². The van der Waals surface area contributed by atoms with Crippen molar-refractivity contribution >= 4 is 15.9 Å². The Kier molecular flexibility index (Phi) is 2.82. The summed E-state index contributed by atoms with van der Waals surface area (Å²) in [6.45, 7) is 0. The van der Waals surface area contributed by atoms with Crippen LogP contribution in [0.15, 0.2) is 24.3 Å². The van der Waals surface area contributed by atoms with Crippen LogP contribution in [0.3, 0.4) is 0 Å². The molecule has 1 saturated carbocycles. The second kappa shape index (κ2) is 3.93. The zero-order valence-electron chi connectivity index (χ0n) is 8.42. The normalized spacial score (nSPS) is 18.7. The third kappa shape index (κ3) is 1.46. The average Bonchev–Trinajstić information content (AvgIpc) is 2.18. The van der Waals surface area contributed by atoms with Crippen LogP contribution in [0.4, 0.5) is 0 Å². The van der Waals surface area contributed by atoms with Crippen molar-refractivity contribution in [1.82, 2.24) is 0 Å². The maximum absolute atomic E-state index is 5.41. The molecule has 0 atom stereocenters. The van der Waals surface area contributed by atoms with E-state index >= 15 is 0 Å². The number of ether oxygens (including phenoxy) is 1. The van der Waals surface area contributed by atoms with Gasteiger partial charge in [-0.05, 0) is 18.9 Å². The number of methoxy groups -OCH3 is 1. The molecule has 1 fully saturated rings. The van der Waals surface area contributed by atoms with Crippen LogP contribution < -0.4 is 4.74 Å². The van der Waals surface area contributed by atoms with Crippen LogP contribution in [-0.2, 0) is 5.41 Å². The van der Waals surface area contributed by atoms with Gasteiger partial charge in [0.1, 0.15) is 5.75 Å². The Labute approximate surface area is 93.6 Å². The standard InChI is InChI=1S/C12H15BrO/c1-14-11-6-3-2-5-10(11)12(9-13)7-4-8-12/h2-3,5-6H,4,7-9H2,1H3. The Balaban J connectivity index is 2.38. The smallest absolute Gasteiger partial charge is 0.122 e. The second-order valence-electron chi connectivity index (χ2n) is 3.97. The van der Waals surface area contributed by atoms with Gasteiger partial charge in [-0.1, -0.05) is 40.5 Å². The number of para-hydroxylation sites is 1. The molecule has 0 aromatic heterocycles. The second-order valence-corrected chi connectivity index (χ2v) is 4.53. The molecule has 0 unspecified atom stereocenters. The van der Waals surface area contributed by atoms with Gasteiger partial charge in [0.2, 0.25) is 0 Å². The van der Waals surface area contributed by atoms with Crippen molar-refractivity contribution in [2.75, 3.05) is 12.4 Å². The predicted octanol–water partition coefficient (Wildman–Crippen LogP) is 3.51. The predicted molar refractivity (Wildman–Crippen MR) is 62.3 cm³/mol. The van der Waals surface area contributed by atoms with Gasteiger partial charge in [-0.2, -0.15) is 0 Å². The van der Waals surface area contributed by atoms with Crippen LogP contribution >= 0.6 is 15.9 Å². The lowest BCUT2D eigenvalue weighted by molar-refractivity contribution is 0.269. The molecule has 1 aliphatic rings. The number of hydrogen-bond donors (Lipinski definition) is 0. The fourth-order valence-electron chi connectivity index (χ4n) is 2.16. The van der Waals surface area contributed by atoms with E-state index in [0.29, 0.717) is 5.41 Å². The first kappa shape index (κ1) is 10.0. The minimum atomic E-state index is 0.340. The largest absolute Gasteiger partial charge is 0.496 e. The van der Waals surface area contributed by atoms with Gasteiger partial charge < -0.3 is 4.74 Å². The highest BCUT2D eigenvalue weighted by Crippen LogP contribution is 2.47. The zero-order chi connectivity index (χ0) is 10.0. The maximum Gasteiger partial charge on any atom is 0.122 e. The van der Waals surface area contributed by atoms with Crippen molar-refractivity contribution in [2.45, 2.75) is 24.7 Å². The quantitative estimate of drug-likeness (QED) is 0.751. The lowest BCUT2D eigenvalue weighted by Crippen LogP contribution is -2.36. The van der Waals surface area contributed by atoms with Gasteiger partial charge in [0.25, 0.3) is 0 Å². The molecule has 0 N–H and O–H groups in total. The number of benzene rings is 1. The molecule has 0 amide bonds. The monoisotopic (exact) mass is 254 g/mol. The molecule has 2 heteroatoms. The zero-order valence-corrected chi connectivity index (χ0v) is 10.0. The van der Waals surface area contributed by atoms with E-state index in [9.17, 15) is 0 Å². The van der Waals surface area contributed by atoms with E-state index < -0.39 is 0 Å². The van der Waals surface area contributed by atoms with Crippen molar-refractivity contribution in [3.8, 4) is 5.75 Å². The van der Waals surface area contributed by atoms with Gasteiger partial charge in [0, 0.05) is 16.3 Å².